The number of carbonyl (C=O) groups excluding carboxylic acids is 2. The molecule has 0 spiro atoms. The summed E-state index contributed by atoms with van der Waals surface area (Å²) in [5, 5.41) is 14.6. The molecule has 1 aliphatic heterocycles. The lowest BCUT2D eigenvalue weighted by Gasteiger charge is -2.32. The maximum atomic E-state index is 13.7. The standard InChI is InChI=1S/C33H41BN4O4/c1-23(2)21-28(35-30(39)25-17-19-27(20-18-25)38-37-26-15-11-8-12-16-26)31(40)36-29(22-24-13-9-7-10-14-24)34-41-32(3,4)33(5,6)42-34/h7-20,23,28-29H,21-22H2,1-6H3,(H,35,39)(H,36,40)/t28-,29+/m0/s1. The first kappa shape index (κ1) is 31.1. The van der Waals surface area contributed by atoms with Gasteiger partial charge in [-0.05, 0) is 88.4 Å². The fraction of sp³-hybridized carbons (Fsp3) is 0.394. The SMILES string of the molecule is CC(C)C[C@H](NC(=O)c1ccc(N=Nc2ccccc2)cc1)C(=O)N[C@H](Cc1ccccc1)B1OC(C)(C)C(C)(C)O1. The predicted molar refractivity (Wildman–Crippen MR) is 166 cm³/mol. The summed E-state index contributed by atoms with van der Waals surface area (Å²) in [6.45, 7) is 12.0. The highest BCUT2D eigenvalue weighted by atomic mass is 16.7. The van der Waals surface area contributed by atoms with Gasteiger partial charge in [0.15, 0.2) is 0 Å². The van der Waals surface area contributed by atoms with Crippen LogP contribution < -0.4 is 10.6 Å². The average molecular weight is 569 g/mol. The van der Waals surface area contributed by atoms with Crippen LogP contribution in [0, 0.1) is 5.92 Å². The molecular weight excluding hydrogens is 527 g/mol. The molecular formula is C33H41BN4O4. The van der Waals surface area contributed by atoms with E-state index >= 15 is 0 Å². The Morgan fingerprint density at radius 1 is 0.762 bits per heavy atom. The molecule has 2 N–H and O–H groups in total. The summed E-state index contributed by atoms with van der Waals surface area (Å²) in [5.74, 6) is -0.897. The Balaban J connectivity index is 1.47. The van der Waals surface area contributed by atoms with E-state index in [0.717, 1.165) is 11.3 Å². The summed E-state index contributed by atoms with van der Waals surface area (Å²) in [7, 11) is -0.646. The van der Waals surface area contributed by atoms with Gasteiger partial charge in [0.2, 0.25) is 5.91 Å². The highest BCUT2D eigenvalue weighted by Gasteiger charge is 2.54. The van der Waals surface area contributed by atoms with Crippen molar-refractivity contribution in [2.45, 2.75) is 77.6 Å². The summed E-state index contributed by atoms with van der Waals surface area (Å²) in [6, 6.07) is 25.4. The van der Waals surface area contributed by atoms with Gasteiger partial charge in [-0.1, -0.05) is 62.4 Å². The van der Waals surface area contributed by atoms with Gasteiger partial charge in [-0.15, -0.1) is 0 Å². The predicted octanol–water partition coefficient (Wildman–Crippen LogP) is 6.61. The Hall–Kier alpha value is -3.82. The smallest absolute Gasteiger partial charge is 0.402 e. The summed E-state index contributed by atoms with van der Waals surface area (Å²) in [6.07, 6.45) is 0.993. The second kappa shape index (κ2) is 13.4. The largest absolute Gasteiger partial charge is 0.482 e. The minimum absolute atomic E-state index is 0.172. The fourth-order valence-electron chi connectivity index (χ4n) is 4.65. The van der Waals surface area contributed by atoms with E-state index in [4.69, 9.17) is 9.31 Å². The molecule has 1 heterocycles. The quantitative estimate of drug-likeness (QED) is 0.201. The highest BCUT2D eigenvalue weighted by molar-refractivity contribution is 6.48. The van der Waals surface area contributed by atoms with Crippen molar-refractivity contribution in [1.29, 1.82) is 0 Å². The number of azo groups is 1. The number of nitrogens with one attached hydrogen (secondary N) is 2. The molecule has 42 heavy (non-hydrogen) atoms. The monoisotopic (exact) mass is 568 g/mol. The zero-order valence-electron chi connectivity index (χ0n) is 25.3. The maximum Gasteiger partial charge on any atom is 0.482 e. The van der Waals surface area contributed by atoms with Crippen molar-refractivity contribution in [2.24, 2.45) is 16.1 Å². The summed E-state index contributed by atoms with van der Waals surface area (Å²) in [4.78, 5) is 27.0. The molecule has 220 valence electrons. The molecule has 4 rings (SSSR count). The third-order valence-corrected chi connectivity index (χ3v) is 7.72. The molecule has 1 saturated heterocycles. The van der Waals surface area contributed by atoms with Gasteiger partial charge in [0.05, 0.1) is 28.5 Å². The number of hydrogen-bond acceptors (Lipinski definition) is 6. The number of nitrogens with zero attached hydrogens (tertiary/aromatic N) is 2. The Morgan fingerprint density at radius 2 is 1.29 bits per heavy atom. The highest BCUT2D eigenvalue weighted by Crippen LogP contribution is 2.38. The first-order valence-electron chi connectivity index (χ1n) is 14.5. The van der Waals surface area contributed by atoms with Crippen LogP contribution in [0.2, 0.25) is 0 Å². The van der Waals surface area contributed by atoms with Crippen molar-refractivity contribution in [1.82, 2.24) is 10.6 Å². The maximum absolute atomic E-state index is 13.7. The molecule has 0 radical (unpaired) electrons. The third kappa shape index (κ3) is 8.14. The van der Waals surface area contributed by atoms with E-state index in [1.165, 1.54) is 0 Å². The normalized spacial score (nSPS) is 17.3. The Kier molecular flexibility index (Phi) is 9.96. The Labute approximate surface area is 249 Å². The lowest BCUT2D eigenvalue weighted by Crippen LogP contribution is -2.55. The van der Waals surface area contributed by atoms with E-state index in [9.17, 15) is 9.59 Å². The van der Waals surface area contributed by atoms with Gasteiger partial charge in [0, 0.05) is 5.56 Å². The molecule has 9 heteroatoms. The van der Waals surface area contributed by atoms with Crippen LogP contribution in [-0.2, 0) is 20.5 Å². The minimum atomic E-state index is -0.740. The number of carbonyl (C=O) groups is 2. The van der Waals surface area contributed by atoms with Crippen LogP contribution in [0.3, 0.4) is 0 Å². The van der Waals surface area contributed by atoms with Gasteiger partial charge in [-0.2, -0.15) is 10.2 Å². The molecule has 1 fully saturated rings. The van der Waals surface area contributed by atoms with Crippen LogP contribution in [0.5, 0.6) is 0 Å². The second-order valence-electron chi connectivity index (χ2n) is 12.2. The molecule has 0 aromatic heterocycles. The van der Waals surface area contributed by atoms with Crippen LogP contribution in [0.25, 0.3) is 0 Å². The van der Waals surface area contributed by atoms with Crippen molar-refractivity contribution in [3.63, 3.8) is 0 Å². The van der Waals surface area contributed by atoms with Crippen LogP contribution >= 0.6 is 0 Å². The molecule has 0 saturated carbocycles. The van der Waals surface area contributed by atoms with Crippen LogP contribution in [-0.4, -0.2) is 42.1 Å². The molecule has 3 aromatic rings. The van der Waals surface area contributed by atoms with Gasteiger partial charge in [0.1, 0.15) is 6.04 Å². The van der Waals surface area contributed by atoms with E-state index in [1.807, 2.05) is 102 Å². The number of amides is 2. The molecule has 1 aliphatic rings. The van der Waals surface area contributed by atoms with E-state index in [-0.39, 0.29) is 17.7 Å². The van der Waals surface area contributed by atoms with Gasteiger partial charge in [-0.25, -0.2) is 0 Å². The van der Waals surface area contributed by atoms with E-state index in [0.29, 0.717) is 24.1 Å². The molecule has 2 amide bonds. The fourth-order valence-corrected chi connectivity index (χ4v) is 4.65. The molecule has 8 nitrogen and oxygen atoms in total. The first-order chi connectivity index (χ1) is 19.9. The number of rotatable bonds is 11. The minimum Gasteiger partial charge on any atom is -0.402 e. The average Bonchev–Trinajstić information content (AvgIpc) is 3.18. The molecule has 0 unspecified atom stereocenters. The molecule has 0 bridgehead atoms. The van der Waals surface area contributed by atoms with Gasteiger partial charge in [0.25, 0.3) is 5.91 Å². The first-order valence-corrected chi connectivity index (χ1v) is 14.5. The molecule has 2 atom stereocenters. The lowest BCUT2D eigenvalue weighted by molar-refractivity contribution is -0.123. The zero-order valence-corrected chi connectivity index (χ0v) is 25.3. The summed E-state index contributed by atoms with van der Waals surface area (Å²) < 4.78 is 12.7. The van der Waals surface area contributed by atoms with Crippen molar-refractivity contribution < 1.29 is 18.9 Å². The van der Waals surface area contributed by atoms with Crippen LogP contribution in [0.15, 0.2) is 95.2 Å². The number of benzene rings is 3. The van der Waals surface area contributed by atoms with E-state index < -0.39 is 30.3 Å². The van der Waals surface area contributed by atoms with Crippen molar-refractivity contribution >= 4 is 30.3 Å². The summed E-state index contributed by atoms with van der Waals surface area (Å²) >= 11 is 0. The molecule has 3 aromatic carbocycles. The van der Waals surface area contributed by atoms with E-state index in [2.05, 4.69) is 20.9 Å². The van der Waals surface area contributed by atoms with Gasteiger partial charge >= 0.3 is 7.12 Å². The Morgan fingerprint density at radius 3 is 1.83 bits per heavy atom. The zero-order chi connectivity index (χ0) is 30.3. The van der Waals surface area contributed by atoms with Crippen molar-refractivity contribution in [3.8, 4) is 0 Å². The van der Waals surface area contributed by atoms with E-state index in [1.54, 1.807) is 24.3 Å². The van der Waals surface area contributed by atoms with Crippen LogP contribution in [0.1, 0.15) is 63.9 Å². The lowest BCUT2D eigenvalue weighted by atomic mass is 9.74. The van der Waals surface area contributed by atoms with Crippen molar-refractivity contribution in [3.05, 3.63) is 96.1 Å². The Bertz CT molecular complexity index is 1350. The van der Waals surface area contributed by atoms with Crippen molar-refractivity contribution in [2.75, 3.05) is 0 Å². The van der Waals surface area contributed by atoms with Gasteiger partial charge in [-0.3, -0.25) is 9.59 Å². The summed E-state index contributed by atoms with van der Waals surface area (Å²) in [5.41, 5.74) is 1.75. The van der Waals surface area contributed by atoms with Gasteiger partial charge < -0.3 is 19.9 Å². The third-order valence-electron chi connectivity index (χ3n) is 7.72. The number of hydrogen-bond donors (Lipinski definition) is 2. The second-order valence-corrected chi connectivity index (χ2v) is 12.2. The van der Waals surface area contributed by atoms with Crippen LogP contribution in [0.4, 0.5) is 11.4 Å². The molecule has 0 aliphatic carbocycles. The topological polar surface area (TPSA) is 101 Å².